The van der Waals surface area contributed by atoms with Gasteiger partial charge < -0.3 is 10.2 Å². The van der Waals surface area contributed by atoms with E-state index in [2.05, 4.69) is 40.9 Å². The highest BCUT2D eigenvalue weighted by Crippen LogP contribution is 2.16. The van der Waals surface area contributed by atoms with Crippen molar-refractivity contribution in [2.24, 2.45) is 5.92 Å². The van der Waals surface area contributed by atoms with Gasteiger partial charge in [0.1, 0.15) is 0 Å². The zero-order chi connectivity index (χ0) is 12.8. The Balaban J connectivity index is 1.79. The van der Waals surface area contributed by atoms with Gasteiger partial charge in [0.25, 0.3) is 0 Å². The van der Waals surface area contributed by atoms with Gasteiger partial charge in [-0.1, -0.05) is 0 Å². The Labute approximate surface area is 115 Å². The Bertz CT molecular complexity index is 315. The van der Waals surface area contributed by atoms with Crippen molar-refractivity contribution in [3.63, 3.8) is 0 Å². The molecule has 0 radical (unpaired) electrons. The quantitative estimate of drug-likeness (QED) is 0.851. The first-order chi connectivity index (χ1) is 8.75. The van der Waals surface area contributed by atoms with Crippen molar-refractivity contribution < 1.29 is 0 Å². The minimum absolute atomic E-state index is 0.665. The molecule has 1 N–H and O–H groups in total. The molecular formula is C15H26N2S. The first-order valence-corrected chi connectivity index (χ1v) is 8.16. The van der Waals surface area contributed by atoms with Crippen molar-refractivity contribution in [2.75, 3.05) is 26.2 Å². The molecule has 1 aliphatic heterocycles. The molecule has 0 atom stereocenters. The predicted molar refractivity (Wildman–Crippen MR) is 80.3 cm³/mol. The third-order valence-electron chi connectivity index (χ3n) is 3.95. The van der Waals surface area contributed by atoms with E-state index in [9.17, 15) is 0 Å². The molecule has 1 aromatic rings. The fourth-order valence-electron chi connectivity index (χ4n) is 2.66. The lowest BCUT2D eigenvalue weighted by molar-refractivity contribution is 0.171. The maximum Gasteiger partial charge on any atom is 0.00388 e. The van der Waals surface area contributed by atoms with Crippen LogP contribution in [0.3, 0.4) is 0 Å². The molecule has 1 aliphatic rings. The summed E-state index contributed by atoms with van der Waals surface area (Å²) in [7, 11) is 0. The number of thiophene rings is 1. The average molecular weight is 266 g/mol. The fourth-order valence-corrected chi connectivity index (χ4v) is 3.37. The lowest BCUT2D eigenvalue weighted by atomic mass is 9.97. The van der Waals surface area contributed by atoms with Crippen molar-refractivity contribution in [3.8, 4) is 0 Å². The molecule has 0 saturated carbocycles. The molecule has 1 saturated heterocycles. The van der Waals surface area contributed by atoms with Gasteiger partial charge in [-0.15, -0.1) is 0 Å². The summed E-state index contributed by atoms with van der Waals surface area (Å²) in [4.78, 5) is 2.66. The number of hydrogen-bond acceptors (Lipinski definition) is 3. The number of piperidine rings is 1. The normalized spacial score (nSPS) is 17.8. The monoisotopic (exact) mass is 266 g/mol. The van der Waals surface area contributed by atoms with Gasteiger partial charge >= 0.3 is 0 Å². The van der Waals surface area contributed by atoms with Gasteiger partial charge in [-0.05, 0) is 74.5 Å². The van der Waals surface area contributed by atoms with Gasteiger partial charge in [-0.3, -0.25) is 0 Å². The summed E-state index contributed by atoms with van der Waals surface area (Å²) in [5, 5.41) is 7.92. The number of hydrogen-bond donors (Lipinski definition) is 1. The summed E-state index contributed by atoms with van der Waals surface area (Å²) in [6, 6.07) is 2.92. The van der Waals surface area contributed by atoms with Crippen LogP contribution in [0.1, 0.15) is 32.3 Å². The molecule has 2 nitrogen and oxygen atoms in total. The highest BCUT2D eigenvalue weighted by molar-refractivity contribution is 7.07. The molecule has 0 aliphatic carbocycles. The summed E-state index contributed by atoms with van der Waals surface area (Å²) in [5.74, 6) is 0.899. The molecule has 0 aromatic carbocycles. The van der Waals surface area contributed by atoms with Crippen molar-refractivity contribution in [3.05, 3.63) is 22.4 Å². The summed E-state index contributed by atoms with van der Waals surface area (Å²) >= 11 is 1.81. The van der Waals surface area contributed by atoms with Gasteiger partial charge in [0, 0.05) is 19.1 Å². The van der Waals surface area contributed by atoms with Crippen LogP contribution in [-0.2, 0) is 6.42 Å². The van der Waals surface area contributed by atoms with Crippen LogP contribution in [0, 0.1) is 5.92 Å². The molecule has 0 unspecified atom stereocenters. The summed E-state index contributed by atoms with van der Waals surface area (Å²) in [6.45, 7) is 9.56. The zero-order valence-electron chi connectivity index (χ0n) is 11.7. The molecular weight excluding hydrogens is 240 g/mol. The lowest BCUT2D eigenvalue weighted by Crippen LogP contribution is -2.40. The Morgan fingerprint density at radius 1 is 1.39 bits per heavy atom. The first-order valence-electron chi connectivity index (χ1n) is 7.21. The van der Waals surface area contributed by atoms with Crippen LogP contribution < -0.4 is 5.32 Å². The predicted octanol–water partition coefficient (Wildman–Crippen LogP) is 3.00. The summed E-state index contributed by atoms with van der Waals surface area (Å²) < 4.78 is 0. The van der Waals surface area contributed by atoms with Crippen molar-refractivity contribution >= 4 is 11.3 Å². The van der Waals surface area contributed by atoms with Crippen LogP contribution in [0.5, 0.6) is 0 Å². The molecule has 0 amide bonds. The van der Waals surface area contributed by atoms with Crippen LogP contribution in [-0.4, -0.2) is 37.1 Å². The van der Waals surface area contributed by atoms with Gasteiger partial charge in [-0.25, -0.2) is 0 Å². The average Bonchev–Trinajstić information content (AvgIpc) is 2.88. The summed E-state index contributed by atoms with van der Waals surface area (Å²) in [5.41, 5.74) is 1.50. The Kier molecular flexibility index (Phi) is 5.67. The first kappa shape index (κ1) is 14.0. The van der Waals surface area contributed by atoms with E-state index in [1.165, 1.54) is 51.0 Å². The maximum absolute atomic E-state index is 3.45. The molecule has 1 fully saturated rings. The van der Waals surface area contributed by atoms with E-state index in [0.29, 0.717) is 6.04 Å². The minimum Gasteiger partial charge on any atom is -0.317 e. The van der Waals surface area contributed by atoms with E-state index >= 15 is 0 Å². The number of nitrogens with one attached hydrogen (secondary N) is 1. The lowest BCUT2D eigenvalue weighted by Gasteiger charge is -2.32. The van der Waals surface area contributed by atoms with Gasteiger partial charge in [0.2, 0.25) is 0 Å². The number of rotatable bonds is 6. The molecule has 0 bridgehead atoms. The van der Waals surface area contributed by atoms with Crippen LogP contribution >= 0.6 is 11.3 Å². The van der Waals surface area contributed by atoms with Crippen molar-refractivity contribution in [1.29, 1.82) is 0 Å². The fraction of sp³-hybridized carbons (Fsp3) is 0.733. The van der Waals surface area contributed by atoms with E-state index < -0.39 is 0 Å². The second-order valence-corrected chi connectivity index (χ2v) is 6.44. The van der Waals surface area contributed by atoms with Gasteiger partial charge in [0.15, 0.2) is 0 Å². The number of nitrogens with zero attached hydrogens (tertiary/aromatic N) is 1. The largest absolute Gasteiger partial charge is 0.317 e. The highest BCUT2D eigenvalue weighted by Gasteiger charge is 2.18. The molecule has 18 heavy (non-hydrogen) atoms. The Morgan fingerprint density at radius 2 is 2.17 bits per heavy atom. The highest BCUT2D eigenvalue weighted by atomic mass is 32.1. The molecule has 0 spiro atoms. The Hall–Kier alpha value is -0.380. The van der Waals surface area contributed by atoms with Gasteiger partial charge in [0.05, 0.1) is 0 Å². The van der Waals surface area contributed by atoms with E-state index in [1.54, 1.807) is 0 Å². The molecule has 3 heteroatoms. The second-order valence-electron chi connectivity index (χ2n) is 5.66. The van der Waals surface area contributed by atoms with E-state index in [-0.39, 0.29) is 0 Å². The molecule has 2 heterocycles. The van der Waals surface area contributed by atoms with E-state index in [4.69, 9.17) is 0 Å². The molecule has 102 valence electrons. The minimum atomic E-state index is 0.665. The third kappa shape index (κ3) is 4.38. The molecule has 1 aromatic heterocycles. The smallest absolute Gasteiger partial charge is 0.00388 e. The van der Waals surface area contributed by atoms with E-state index in [0.717, 1.165) is 5.92 Å². The van der Waals surface area contributed by atoms with Crippen LogP contribution in [0.15, 0.2) is 16.8 Å². The maximum atomic E-state index is 3.45. The standard InChI is InChI=1S/C15H26N2S/c1-13(2)17(9-5-15-6-10-18-12-15)11-14-3-7-16-8-4-14/h6,10,12-14,16H,3-5,7-9,11H2,1-2H3. The van der Waals surface area contributed by atoms with Crippen LogP contribution in [0.25, 0.3) is 0 Å². The van der Waals surface area contributed by atoms with Gasteiger partial charge in [-0.2, -0.15) is 11.3 Å². The summed E-state index contributed by atoms with van der Waals surface area (Å²) in [6.07, 6.45) is 3.90. The van der Waals surface area contributed by atoms with Crippen LogP contribution in [0.2, 0.25) is 0 Å². The molecule has 2 rings (SSSR count). The van der Waals surface area contributed by atoms with Crippen molar-refractivity contribution in [2.45, 2.75) is 39.2 Å². The van der Waals surface area contributed by atoms with Crippen molar-refractivity contribution in [1.82, 2.24) is 10.2 Å². The van der Waals surface area contributed by atoms with Crippen LogP contribution in [0.4, 0.5) is 0 Å². The van der Waals surface area contributed by atoms with E-state index in [1.807, 2.05) is 11.3 Å². The topological polar surface area (TPSA) is 15.3 Å². The zero-order valence-corrected chi connectivity index (χ0v) is 12.5. The third-order valence-corrected chi connectivity index (χ3v) is 4.68. The SMILES string of the molecule is CC(C)N(CCc1ccsc1)CC1CCNCC1. The Morgan fingerprint density at radius 3 is 2.78 bits per heavy atom. The second kappa shape index (κ2) is 7.27.